The Hall–Kier alpha value is -2.69. The molecular formula is C17H14FN3O. The van der Waals surface area contributed by atoms with Crippen LogP contribution >= 0.6 is 0 Å². The van der Waals surface area contributed by atoms with Gasteiger partial charge >= 0.3 is 0 Å². The number of nitrogens with one attached hydrogen (secondary N) is 1. The molecule has 1 aliphatic rings. The van der Waals surface area contributed by atoms with Crippen LogP contribution in [-0.2, 0) is 0 Å². The number of carbonyl (C=O) groups excluding carboxylic acids is 1. The Morgan fingerprint density at radius 3 is 2.86 bits per heavy atom. The second kappa shape index (κ2) is 4.94. The normalized spacial score (nSPS) is 14.2. The van der Waals surface area contributed by atoms with Gasteiger partial charge in [-0.15, -0.1) is 0 Å². The molecule has 0 radical (unpaired) electrons. The Labute approximate surface area is 126 Å². The lowest BCUT2D eigenvalue weighted by Crippen LogP contribution is -2.00. The van der Waals surface area contributed by atoms with Crippen molar-refractivity contribution in [2.24, 2.45) is 0 Å². The maximum Gasteiger partial charge on any atom is 0.194 e. The number of aromatic amines is 1. The van der Waals surface area contributed by atoms with E-state index in [0.29, 0.717) is 17.0 Å². The number of hydrogen-bond donors (Lipinski definition) is 1. The Morgan fingerprint density at radius 2 is 2.09 bits per heavy atom. The molecule has 110 valence electrons. The van der Waals surface area contributed by atoms with Crippen LogP contribution < -0.4 is 0 Å². The SMILES string of the molecule is O=C(c1cccc(F)c1)c1ccn(-c2cc(C3CC3)[nH]n2)c1. The molecular weight excluding hydrogens is 281 g/mol. The highest BCUT2D eigenvalue weighted by atomic mass is 19.1. The van der Waals surface area contributed by atoms with E-state index in [4.69, 9.17) is 0 Å². The van der Waals surface area contributed by atoms with Crippen LogP contribution in [0.15, 0.2) is 48.8 Å². The molecule has 0 unspecified atom stereocenters. The lowest BCUT2D eigenvalue weighted by Gasteiger charge is -1.98. The highest BCUT2D eigenvalue weighted by Crippen LogP contribution is 2.39. The minimum Gasteiger partial charge on any atom is -0.306 e. The van der Waals surface area contributed by atoms with Crippen molar-refractivity contribution in [2.75, 3.05) is 0 Å². The molecule has 2 aromatic heterocycles. The van der Waals surface area contributed by atoms with Crippen molar-refractivity contribution in [3.8, 4) is 5.82 Å². The molecule has 4 nitrogen and oxygen atoms in total. The molecule has 3 aromatic rings. The van der Waals surface area contributed by atoms with Gasteiger partial charge in [0.25, 0.3) is 0 Å². The van der Waals surface area contributed by atoms with E-state index in [9.17, 15) is 9.18 Å². The van der Waals surface area contributed by atoms with Crippen molar-refractivity contribution in [2.45, 2.75) is 18.8 Å². The van der Waals surface area contributed by atoms with Gasteiger partial charge in [-0.3, -0.25) is 9.89 Å². The van der Waals surface area contributed by atoms with Crippen LogP contribution in [-0.4, -0.2) is 20.5 Å². The highest BCUT2D eigenvalue weighted by Gasteiger charge is 2.25. The third-order valence-electron chi connectivity index (χ3n) is 3.91. The summed E-state index contributed by atoms with van der Waals surface area (Å²) in [5.74, 6) is 0.758. The van der Waals surface area contributed by atoms with Crippen molar-refractivity contribution in [1.29, 1.82) is 0 Å². The van der Waals surface area contributed by atoms with E-state index in [1.54, 1.807) is 29.1 Å². The first-order valence-corrected chi connectivity index (χ1v) is 7.24. The van der Waals surface area contributed by atoms with E-state index in [1.807, 2.05) is 6.07 Å². The molecule has 5 heteroatoms. The molecule has 0 atom stereocenters. The maximum atomic E-state index is 13.2. The van der Waals surface area contributed by atoms with Crippen LogP contribution in [0.4, 0.5) is 4.39 Å². The van der Waals surface area contributed by atoms with E-state index in [0.717, 1.165) is 11.5 Å². The van der Waals surface area contributed by atoms with Crippen molar-refractivity contribution >= 4 is 5.78 Å². The van der Waals surface area contributed by atoms with Crippen molar-refractivity contribution < 1.29 is 9.18 Å². The van der Waals surface area contributed by atoms with Crippen molar-refractivity contribution in [3.63, 3.8) is 0 Å². The van der Waals surface area contributed by atoms with Gasteiger partial charge in [0.15, 0.2) is 11.6 Å². The monoisotopic (exact) mass is 295 g/mol. The van der Waals surface area contributed by atoms with E-state index >= 15 is 0 Å². The van der Waals surface area contributed by atoms with Crippen LogP contribution in [0.2, 0.25) is 0 Å². The quantitative estimate of drug-likeness (QED) is 0.749. The lowest BCUT2D eigenvalue weighted by atomic mass is 10.1. The molecule has 1 aliphatic carbocycles. The number of rotatable bonds is 4. The molecule has 1 N–H and O–H groups in total. The van der Waals surface area contributed by atoms with Gasteiger partial charge in [-0.25, -0.2) is 4.39 Å². The Balaban J connectivity index is 1.61. The van der Waals surface area contributed by atoms with Gasteiger partial charge in [-0.2, -0.15) is 5.10 Å². The van der Waals surface area contributed by atoms with E-state index < -0.39 is 5.82 Å². The fourth-order valence-electron chi connectivity index (χ4n) is 2.53. The predicted molar refractivity (Wildman–Crippen MR) is 79.7 cm³/mol. The third-order valence-corrected chi connectivity index (χ3v) is 3.91. The summed E-state index contributed by atoms with van der Waals surface area (Å²) < 4.78 is 15.0. The zero-order valence-corrected chi connectivity index (χ0v) is 11.8. The third kappa shape index (κ3) is 2.35. The van der Waals surface area contributed by atoms with Gasteiger partial charge in [0.05, 0.1) is 0 Å². The standard InChI is InChI=1S/C17H14FN3O/c18-14-3-1-2-12(8-14)17(22)13-6-7-21(10-13)16-9-15(19-20-16)11-4-5-11/h1-3,6-11H,4-5H2,(H,19,20). The number of benzene rings is 1. The molecule has 1 aromatic carbocycles. The fourth-order valence-corrected chi connectivity index (χ4v) is 2.53. The number of halogens is 1. The lowest BCUT2D eigenvalue weighted by molar-refractivity contribution is 0.103. The first kappa shape index (κ1) is 13.0. The fraction of sp³-hybridized carbons (Fsp3) is 0.176. The molecule has 1 saturated carbocycles. The summed E-state index contributed by atoms with van der Waals surface area (Å²) in [6.07, 6.45) is 5.92. The Bertz CT molecular complexity index is 845. The second-order valence-electron chi connectivity index (χ2n) is 5.60. The summed E-state index contributed by atoms with van der Waals surface area (Å²) in [5.41, 5.74) is 2.00. The summed E-state index contributed by atoms with van der Waals surface area (Å²) >= 11 is 0. The predicted octanol–water partition coefficient (Wildman–Crippen LogP) is 3.45. The summed E-state index contributed by atoms with van der Waals surface area (Å²) in [5, 5.41) is 7.31. The van der Waals surface area contributed by atoms with Crippen molar-refractivity contribution in [1.82, 2.24) is 14.8 Å². The maximum absolute atomic E-state index is 13.2. The highest BCUT2D eigenvalue weighted by molar-refractivity contribution is 6.08. The van der Waals surface area contributed by atoms with Gasteiger partial charge in [-0.05, 0) is 31.0 Å². The zero-order valence-electron chi connectivity index (χ0n) is 11.8. The summed E-state index contributed by atoms with van der Waals surface area (Å²) in [6, 6.07) is 9.45. The molecule has 0 saturated heterocycles. The molecule has 2 heterocycles. The molecule has 0 amide bonds. The minimum atomic E-state index is -0.411. The number of aromatic nitrogens is 3. The molecule has 22 heavy (non-hydrogen) atoms. The first-order valence-electron chi connectivity index (χ1n) is 7.24. The number of carbonyl (C=O) groups is 1. The average Bonchev–Trinajstić information content (AvgIpc) is 3.06. The van der Waals surface area contributed by atoms with Crippen LogP contribution in [0.5, 0.6) is 0 Å². The minimum absolute atomic E-state index is 0.198. The Kier molecular flexibility index (Phi) is 2.92. The van der Waals surface area contributed by atoms with Crippen LogP contribution in [0.1, 0.15) is 40.4 Å². The topological polar surface area (TPSA) is 50.7 Å². The van der Waals surface area contributed by atoms with Crippen LogP contribution in [0.25, 0.3) is 5.82 Å². The molecule has 4 rings (SSSR count). The molecule has 1 fully saturated rings. The first-order chi connectivity index (χ1) is 10.7. The summed E-state index contributed by atoms with van der Waals surface area (Å²) in [4.78, 5) is 12.4. The smallest absolute Gasteiger partial charge is 0.194 e. The Morgan fingerprint density at radius 1 is 1.23 bits per heavy atom. The van der Waals surface area contributed by atoms with E-state index in [2.05, 4.69) is 10.2 Å². The van der Waals surface area contributed by atoms with E-state index in [-0.39, 0.29) is 5.78 Å². The van der Waals surface area contributed by atoms with Gasteiger partial charge in [0, 0.05) is 41.2 Å². The average molecular weight is 295 g/mol. The number of ketones is 1. The molecule has 0 aliphatic heterocycles. The molecule has 0 spiro atoms. The second-order valence-corrected chi connectivity index (χ2v) is 5.60. The summed E-state index contributed by atoms with van der Waals surface area (Å²) in [6.45, 7) is 0. The number of H-pyrrole nitrogens is 1. The number of nitrogens with zero attached hydrogens (tertiary/aromatic N) is 2. The number of hydrogen-bond acceptors (Lipinski definition) is 2. The van der Waals surface area contributed by atoms with Crippen LogP contribution in [0.3, 0.4) is 0 Å². The van der Waals surface area contributed by atoms with Gasteiger partial charge in [0.1, 0.15) is 5.82 Å². The van der Waals surface area contributed by atoms with E-state index in [1.165, 1.54) is 31.0 Å². The summed E-state index contributed by atoms with van der Waals surface area (Å²) in [7, 11) is 0. The van der Waals surface area contributed by atoms with Crippen molar-refractivity contribution in [3.05, 3.63) is 71.4 Å². The zero-order chi connectivity index (χ0) is 15.1. The van der Waals surface area contributed by atoms with Gasteiger partial charge in [-0.1, -0.05) is 12.1 Å². The van der Waals surface area contributed by atoms with Gasteiger partial charge in [0.2, 0.25) is 0 Å². The largest absolute Gasteiger partial charge is 0.306 e. The van der Waals surface area contributed by atoms with Crippen LogP contribution in [0, 0.1) is 5.82 Å². The molecule has 0 bridgehead atoms. The van der Waals surface area contributed by atoms with Gasteiger partial charge < -0.3 is 4.57 Å².